The van der Waals surface area contributed by atoms with Crippen LogP contribution in [-0.4, -0.2) is 4.57 Å². The van der Waals surface area contributed by atoms with Crippen molar-refractivity contribution in [2.75, 3.05) is 4.90 Å². The summed E-state index contributed by atoms with van der Waals surface area (Å²) < 4.78 is 2.40. The van der Waals surface area contributed by atoms with Crippen molar-refractivity contribution in [2.24, 2.45) is 11.8 Å². The molecule has 1 aliphatic carbocycles. The molecular formula is C68H72N2. The Labute approximate surface area is 419 Å². The second-order valence-electron chi connectivity index (χ2n) is 20.8. The lowest BCUT2D eigenvalue weighted by molar-refractivity contribution is 0.266. The number of benzene rings is 8. The highest BCUT2D eigenvalue weighted by molar-refractivity contribution is 6.10. The Morgan fingerprint density at radius 2 is 0.886 bits per heavy atom. The maximum Gasteiger partial charge on any atom is 0.0541 e. The first kappa shape index (κ1) is 47.1. The summed E-state index contributed by atoms with van der Waals surface area (Å²) in [5.74, 6) is 1.41. The minimum atomic E-state index is 0.00986. The Balaban J connectivity index is 1.00. The van der Waals surface area contributed by atoms with Crippen LogP contribution in [0.2, 0.25) is 0 Å². The van der Waals surface area contributed by atoms with Crippen LogP contribution in [0.5, 0.6) is 0 Å². The number of rotatable bonds is 18. The molecule has 2 nitrogen and oxygen atoms in total. The van der Waals surface area contributed by atoms with Crippen LogP contribution in [0, 0.1) is 32.6 Å². The van der Waals surface area contributed by atoms with Crippen LogP contribution in [0.15, 0.2) is 176 Å². The van der Waals surface area contributed by atoms with Gasteiger partial charge < -0.3 is 9.47 Å². The van der Waals surface area contributed by atoms with Crippen LogP contribution >= 0.6 is 0 Å². The molecule has 2 heteroatoms. The Bertz CT molecular complexity index is 3200. The molecular weight excluding hydrogens is 845 g/mol. The van der Waals surface area contributed by atoms with Gasteiger partial charge in [0.15, 0.2) is 0 Å². The van der Waals surface area contributed by atoms with E-state index in [9.17, 15) is 0 Å². The molecule has 0 aliphatic heterocycles. The molecule has 0 amide bonds. The van der Waals surface area contributed by atoms with E-state index in [1.165, 1.54) is 142 Å². The van der Waals surface area contributed by atoms with E-state index >= 15 is 0 Å². The van der Waals surface area contributed by atoms with E-state index in [2.05, 4.69) is 234 Å². The number of fused-ring (bicyclic) bond motifs is 6. The van der Waals surface area contributed by atoms with Crippen molar-refractivity contribution >= 4 is 38.9 Å². The van der Waals surface area contributed by atoms with Crippen LogP contribution < -0.4 is 4.90 Å². The van der Waals surface area contributed by atoms with Crippen molar-refractivity contribution in [3.8, 4) is 39.1 Å². The molecule has 8 aromatic carbocycles. The summed E-state index contributed by atoms with van der Waals surface area (Å²) in [6, 6.07) is 66.9. The molecule has 2 atom stereocenters. The Kier molecular flexibility index (Phi) is 13.7. The summed E-state index contributed by atoms with van der Waals surface area (Å²) in [7, 11) is 0. The topological polar surface area (TPSA) is 8.17 Å². The molecule has 70 heavy (non-hydrogen) atoms. The van der Waals surface area contributed by atoms with Gasteiger partial charge in [-0.15, -0.1) is 0 Å². The fourth-order valence-electron chi connectivity index (χ4n) is 12.1. The van der Waals surface area contributed by atoms with Gasteiger partial charge in [-0.3, -0.25) is 0 Å². The van der Waals surface area contributed by atoms with E-state index in [0.29, 0.717) is 11.8 Å². The van der Waals surface area contributed by atoms with E-state index in [0.717, 1.165) is 17.1 Å². The second-order valence-corrected chi connectivity index (χ2v) is 20.8. The number of unbranched alkanes of at least 4 members (excludes halogenated alkanes) is 2. The lowest BCUT2D eigenvalue weighted by atomic mass is 9.65. The van der Waals surface area contributed by atoms with Crippen molar-refractivity contribution in [3.63, 3.8) is 0 Å². The SMILES string of the molecule is CCCCC(CC)CC1(CC(CC)CCCC)c2cc(C)ccc2-c2ccc(-c3ccc(N(c4ccc(C)cc4)c4ccc(-c5ccc6c(c5)c5ccccc5n6-c5ccc(C)cc5)cc4)cc3)cc21. The molecule has 1 aliphatic rings. The van der Waals surface area contributed by atoms with E-state index in [-0.39, 0.29) is 5.41 Å². The molecule has 0 N–H and O–H groups in total. The van der Waals surface area contributed by atoms with Gasteiger partial charge in [0.2, 0.25) is 0 Å². The first-order valence-corrected chi connectivity index (χ1v) is 26.7. The second kappa shape index (κ2) is 20.4. The minimum absolute atomic E-state index is 0.00986. The predicted molar refractivity (Wildman–Crippen MR) is 303 cm³/mol. The monoisotopic (exact) mass is 917 g/mol. The lowest BCUT2D eigenvalue weighted by Gasteiger charge is -2.39. The predicted octanol–water partition coefficient (Wildman–Crippen LogP) is 20.0. The van der Waals surface area contributed by atoms with Gasteiger partial charge in [0, 0.05) is 38.9 Å². The third kappa shape index (κ3) is 9.03. The number of anilines is 3. The molecule has 0 spiro atoms. The van der Waals surface area contributed by atoms with Crippen molar-refractivity contribution in [3.05, 3.63) is 204 Å². The fourth-order valence-corrected chi connectivity index (χ4v) is 12.1. The van der Waals surface area contributed by atoms with E-state index in [4.69, 9.17) is 0 Å². The Morgan fingerprint density at radius 3 is 1.46 bits per heavy atom. The van der Waals surface area contributed by atoms with Crippen molar-refractivity contribution in [1.82, 2.24) is 4.57 Å². The summed E-state index contributed by atoms with van der Waals surface area (Å²) >= 11 is 0. The quantitative estimate of drug-likeness (QED) is 0.0833. The summed E-state index contributed by atoms with van der Waals surface area (Å²) in [5.41, 5.74) is 22.0. The molecule has 2 unspecified atom stereocenters. The molecule has 9 aromatic rings. The van der Waals surface area contributed by atoms with Gasteiger partial charge in [0.25, 0.3) is 0 Å². The average Bonchev–Trinajstić information content (AvgIpc) is 3.86. The highest BCUT2D eigenvalue weighted by Gasteiger charge is 2.45. The van der Waals surface area contributed by atoms with Crippen molar-refractivity contribution in [1.29, 1.82) is 0 Å². The van der Waals surface area contributed by atoms with E-state index < -0.39 is 0 Å². The van der Waals surface area contributed by atoms with Crippen LogP contribution in [-0.2, 0) is 5.41 Å². The molecule has 354 valence electrons. The summed E-state index contributed by atoms with van der Waals surface area (Å²) in [6.45, 7) is 16.2. The summed E-state index contributed by atoms with van der Waals surface area (Å²) in [4.78, 5) is 2.40. The number of hydrogen-bond acceptors (Lipinski definition) is 1. The molecule has 0 fully saturated rings. The lowest BCUT2D eigenvalue weighted by Crippen LogP contribution is -2.31. The molecule has 10 rings (SSSR count). The fraction of sp³-hybridized carbons (Fsp3) is 0.294. The highest BCUT2D eigenvalue weighted by Crippen LogP contribution is 2.57. The third-order valence-electron chi connectivity index (χ3n) is 16.1. The maximum absolute atomic E-state index is 2.62. The normalized spacial score (nSPS) is 15.0. The van der Waals surface area contributed by atoms with Crippen LogP contribution in [0.3, 0.4) is 0 Å². The highest BCUT2D eigenvalue weighted by atomic mass is 15.1. The minimum Gasteiger partial charge on any atom is -0.311 e. The van der Waals surface area contributed by atoms with Gasteiger partial charge in [0.1, 0.15) is 0 Å². The molecule has 0 radical (unpaired) electrons. The zero-order valence-electron chi connectivity index (χ0n) is 42.9. The molecule has 0 saturated heterocycles. The molecule has 0 saturated carbocycles. The first-order chi connectivity index (χ1) is 34.2. The van der Waals surface area contributed by atoms with Crippen LogP contribution in [0.4, 0.5) is 17.1 Å². The number of aromatic nitrogens is 1. The van der Waals surface area contributed by atoms with Gasteiger partial charge in [-0.25, -0.2) is 0 Å². The Morgan fingerprint density at radius 1 is 0.429 bits per heavy atom. The first-order valence-electron chi connectivity index (χ1n) is 26.7. The summed E-state index contributed by atoms with van der Waals surface area (Å²) in [5, 5.41) is 2.53. The number of hydrogen-bond donors (Lipinski definition) is 0. The Hall–Kier alpha value is -6.64. The van der Waals surface area contributed by atoms with E-state index in [1.54, 1.807) is 11.1 Å². The van der Waals surface area contributed by atoms with Gasteiger partial charge in [0.05, 0.1) is 11.0 Å². The molecule has 1 heterocycles. The number of para-hydroxylation sites is 1. The van der Waals surface area contributed by atoms with Crippen LogP contribution in [0.1, 0.15) is 120 Å². The third-order valence-corrected chi connectivity index (χ3v) is 16.1. The van der Waals surface area contributed by atoms with Crippen LogP contribution in [0.25, 0.3) is 60.9 Å². The zero-order chi connectivity index (χ0) is 48.4. The zero-order valence-corrected chi connectivity index (χ0v) is 42.9. The maximum atomic E-state index is 2.62. The molecule has 0 bridgehead atoms. The average molecular weight is 917 g/mol. The van der Waals surface area contributed by atoms with E-state index in [1.807, 2.05) is 0 Å². The molecule has 1 aromatic heterocycles. The van der Waals surface area contributed by atoms with Gasteiger partial charge >= 0.3 is 0 Å². The van der Waals surface area contributed by atoms with Crippen molar-refractivity contribution in [2.45, 2.75) is 118 Å². The standard InChI is InChI=1S/C68H72N2/c1-8-12-16-50(10-3)45-68(46-51(11-4)17-13-9-2)64-42-49(7)24-39-60(64)61-40-29-55(44-65(61)68)53-27-37-58(38-28-53)69(56-31-20-47(5)21-32-56)57-35-25-52(26-36-57)54-30-41-67-63(43-54)62-18-14-15-19-66(62)70(67)59-33-22-48(6)23-34-59/h14-15,18-44,50-51H,8-13,16-17,45-46H2,1-7H3. The smallest absolute Gasteiger partial charge is 0.0541 e. The number of aryl methyl sites for hydroxylation is 3. The van der Waals surface area contributed by atoms with Gasteiger partial charge in [-0.1, -0.05) is 199 Å². The summed E-state index contributed by atoms with van der Waals surface area (Å²) in [6.07, 6.45) is 12.7. The van der Waals surface area contributed by atoms with Gasteiger partial charge in [-0.05, 0) is 163 Å². The van der Waals surface area contributed by atoms with Gasteiger partial charge in [-0.2, -0.15) is 0 Å². The largest absolute Gasteiger partial charge is 0.311 e. The van der Waals surface area contributed by atoms with Crippen molar-refractivity contribution < 1.29 is 0 Å². The number of nitrogens with zero attached hydrogens (tertiary/aromatic N) is 2.